The van der Waals surface area contributed by atoms with Crippen LogP contribution in [0.15, 0.2) is 34.8 Å². The molecule has 0 saturated carbocycles. The van der Waals surface area contributed by atoms with Gasteiger partial charge in [0.25, 0.3) is 0 Å². The van der Waals surface area contributed by atoms with E-state index in [1.807, 2.05) is 40.0 Å². The van der Waals surface area contributed by atoms with E-state index in [0.717, 1.165) is 29.2 Å². The Morgan fingerprint density at radius 1 is 1.08 bits per heavy atom. The predicted molar refractivity (Wildman–Crippen MR) is 209 cm³/mol. The van der Waals surface area contributed by atoms with Crippen LogP contribution in [0.1, 0.15) is 106 Å². The van der Waals surface area contributed by atoms with E-state index in [2.05, 4.69) is 59.6 Å². The molecule has 2 rings (SSSR count). The number of hydrogen-bond donors (Lipinski definition) is 0. The summed E-state index contributed by atoms with van der Waals surface area (Å²) in [6.07, 6.45) is -1.53. The lowest BCUT2D eigenvalue weighted by Gasteiger charge is -2.45. The summed E-state index contributed by atoms with van der Waals surface area (Å²) in [5.74, 6) is -1.73. The Morgan fingerprint density at radius 3 is 2.16 bits per heavy atom. The Hall–Kier alpha value is -1.87. The number of Topliss-reactive ketones (excluding diaryl/α,β-unsaturated/α-hetero) is 1. The lowest BCUT2D eigenvalue weighted by Crippen LogP contribution is -2.53. The van der Waals surface area contributed by atoms with E-state index in [9.17, 15) is 22.8 Å². The van der Waals surface area contributed by atoms with Crippen molar-refractivity contribution in [3.05, 3.63) is 45.5 Å². The number of cyclic esters (lactones) is 1. The number of rotatable bonds is 9. The number of aromatic nitrogens is 1. The van der Waals surface area contributed by atoms with Crippen molar-refractivity contribution in [1.82, 2.24) is 4.98 Å². The standard InChI is InChI=1S/C39H64F3NO5SSi2/c1-15-51(16-2,17-3)47-33-24-34(44)46-32(27(5)23-31-25-49-29(7)43-31)22-21-30(39(40,41)42)20-18-19-26(4)35(28(6)36(45)38(33,11)12)48-50(13,14)37(8,9)10/h18-19,21,23,25-26,28,32-33,35H,15-17,20,22,24H2,1-14H3/b19-18+,27-23-,30-21+/t26-,28+,32-,33-,35-/m0/s1. The Bertz CT molecular complexity index is 1410. The molecule has 0 amide bonds. The van der Waals surface area contributed by atoms with Gasteiger partial charge < -0.3 is 13.6 Å². The highest BCUT2D eigenvalue weighted by atomic mass is 32.1. The van der Waals surface area contributed by atoms with Crippen LogP contribution in [0.25, 0.3) is 6.08 Å². The number of ether oxygens (including phenoxy) is 1. The van der Waals surface area contributed by atoms with Gasteiger partial charge in [-0.2, -0.15) is 13.2 Å². The molecule has 0 radical (unpaired) electrons. The molecular weight excluding hydrogens is 708 g/mol. The maximum Gasteiger partial charge on any atom is 0.412 e. The average Bonchev–Trinajstić information content (AvgIpc) is 3.44. The van der Waals surface area contributed by atoms with Crippen molar-refractivity contribution in [2.75, 3.05) is 0 Å². The number of halogens is 3. The molecule has 5 atom stereocenters. The molecule has 0 bridgehead atoms. The summed E-state index contributed by atoms with van der Waals surface area (Å²) in [7, 11) is -4.79. The molecule has 0 saturated heterocycles. The van der Waals surface area contributed by atoms with E-state index >= 15 is 0 Å². The highest BCUT2D eigenvalue weighted by molar-refractivity contribution is 7.09. The molecule has 51 heavy (non-hydrogen) atoms. The molecule has 0 fully saturated rings. The molecule has 0 aliphatic carbocycles. The van der Waals surface area contributed by atoms with Gasteiger partial charge in [0, 0.05) is 28.7 Å². The Labute approximate surface area is 312 Å². The van der Waals surface area contributed by atoms with Crippen molar-refractivity contribution < 1.29 is 36.3 Å². The number of nitrogens with zero attached hydrogens (tertiary/aromatic N) is 1. The summed E-state index contributed by atoms with van der Waals surface area (Å²) in [5.41, 5.74) is -0.609. The van der Waals surface area contributed by atoms with Crippen LogP contribution >= 0.6 is 11.3 Å². The Morgan fingerprint density at radius 2 is 1.67 bits per heavy atom. The number of allylic oxidation sites excluding steroid dienone is 2. The zero-order valence-corrected chi connectivity index (χ0v) is 36.4. The molecule has 6 nitrogen and oxygen atoms in total. The molecule has 12 heteroatoms. The Kier molecular flexibility index (Phi) is 16.0. The van der Waals surface area contributed by atoms with E-state index in [1.54, 1.807) is 19.1 Å². The summed E-state index contributed by atoms with van der Waals surface area (Å²) in [5, 5.41) is 2.53. The van der Waals surface area contributed by atoms with E-state index < -0.39 is 64.0 Å². The molecule has 1 aromatic heterocycles. The third-order valence-electron chi connectivity index (χ3n) is 11.3. The third-order valence-corrected chi connectivity index (χ3v) is 21.2. The van der Waals surface area contributed by atoms with Crippen molar-refractivity contribution >= 4 is 45.8 Å². The lowest BCUT2D eigenvalue weighted by molar-refractivity contribution is -0.153. The molecule has 290 valence electrons. The summed E-state index contributed by atoms with van der Waals surface area (Å²) in [6.45, 7) is 27.9. The van der Waals surface area contributed by atoms with Crippen molar-refractivity contribution in [3.8, 4) is 0 Å². The monoisotopic (exact) mass is 771 g/mol. The number of carbonyl (C=O) groups is 2. The minimum atomic E-state index is -4.59. The zero-order valence-electron chi connectivity index (χ0n) is 33.5. The highest BCUT2D eigenvalue weighted by Crippen LogP contribution is 2.42. The molecule has 0 unspecified atom stereocenters. The molecule has 0 N–H and O–H groups in total. The first-order chi connectivity index (χ1) is 23.3. The molecular formula is C39H64F3NO5SSi2. The summed E-state index contributed by atoms with van der Waals surface area (Å²) in [4.78, 5) is 33.2. The van der Waals surface area contributed by atoms with E-state index in [1.165, 1.54) is 17.4 Å². The third kappa shape index (κ3) is 12.1. The predicted octanol–water partition coefficient (Wildman–Crippen LogP) is 11.6. The number of hydrogen-bond acceptors (Lipinski definition) is 7. The number of thiazole rings is 1. The van der Waals surface area contributed by atoms with E-state index in [4.69, 9.17) is 13.6 Å². The topological polar surface area (TPSA) is 74.7 Å². The largest absolute Gasteiger partial charge is 0.457 e. The van der Waals surface area contributed by atoms with Gasteiger partial charge in [0.1, 0.15) is 11.9 Å². The summed E-state index contributed by atoms with van der Waals surface area (Å²) < 4.78 is 63.2. The first kappa shape index (κ1) is 45.3. The summed E-state index contributed by atoms with van der Waals surface area (Å²) >= 11 is 1.46. The van der Waals surface area contributed by atoms with Gasteiger partial charge in [-0.15, -0.1) is 11.3 Å². The van der Waals surface area contributed by atoms with Gasteiger partial charge in [-0.1, -0.05) is 87.5 Å². The number of aryl methyl sites for hydroxylation is 1. The van der Waals surface area contributed by atoms with Crippen molar-refractivity contribution in [1.29, 1.82) is 0 Å². The second kappa shape index (κ2) is 18.0. The van der Waals surface area contributed by atoms with Crippen LogP contribution in [0.3, 0.4) is 0 Å². The number of carbonyl (C=O) groups excluding carboxylic acids is 2. The number of ketones is 1. The molecule has 0 spiro atoms. The fraction of sp³-hybridized carbons (Fsp3) is 0.718. The van der Waals surface area contributed by atoms with Gasteiger partial charge in [-0.3, -0.25) is 9.59 Å². The number of esters is 1. The van der Waals surface area contributed by atoms with Crippen LogP contribution in [0.2, 0.25) is 36.3 Å². The minimum absolute atomic E-state index is 0.107. The van der Waals surface area contributed by atoms with Crippen molar-refractivity contribution in [3.63, 3.8) is 0 Å². The first-order valence-electron chi connectivity index (χ1n) is 18.5. The molecule has 1 aliphatic heterocycles. The second-order valence-electron chi connectivity index (χ2n) is 16.4. The van der Waals surface area contributed by atoms with Gasteiger partial charge in [0.05, 0.1) is 29.3 Å². The van der Waals surface area contributed by atoms with E-state index in [0.29, 0.717) is 11.3 Å². The quantitative estimate of drug-likeness (QED) is 0.141. The maximum absolute atomic E-state index is 14.8. The van der Waals surface area contributed by atoms with Gasteiger partial charge in [0.15, 0.2) is 16.6 Å². The van der Waals surface area contributed by atoms with Gasteiger partial charge >= 0.3 is 12.1 Å². The van der Waals surface area contributed by atoms with Crippen LogP contribution in [-0.4, -0.2) is 57.9 Å². The van der Waals surface area contributed by atoms with Crippen molar-refractivity contribution in [2.45, 2.75) is 163 Å². The second-order valence-corrected chi connectivity index (χ2v) is 26.9. The van der Waals surface area contributed by atoms with Crippen LogP contribution in [0.4, 0.5) is 13.2 Å². The number of alkyl halides is 3. The fourth-order valence-corrected chi connectivity index (χ4v) is 11.4. The minimum Gasteiger partial charge on any atom is -0.457 e. The fourth-order valence-electron chi connectivity index (χ4n) is 6.36. The summed E-state index contributed by atoms with van der Waals surface area (Å²) in [6, 6.07) is 2.44. The van der Waals surface area contributed by atoms with Gasteiger partial charge in [-0.25, -0.2) is 4.98 Å². The van der Waals surface area contributed by atoms with Crippen molar-refractivity contribution in [2.24, 2.45) is 17.3 Å². The molecule has 1 aliphatic rings. The van der Waals surface area contributed by atoms with Crippen LogP contribution in [-0.2, 0) is 23.2 Å². The van der Waals surface area contributed by atoms with Crippen LogP contribution in [0.5, 0.6) is 0 Å². The SMILES string of the molecule is CC[Si](CC)(CC)O[C@H]1CC(=O)O[C@H](/C(C)=C\c2csc(C)n2)C/C=C(/C(F)(F)F)C/C=C/[C@H](C)[C@H](O[Si](C)(C)C(C)(C)C)[C@@H](C)C(=O)C1(C)C. The van der Waals surface area contributed by atoms with Gasteiger partial charge in [0.2, 0.25) is 0 Å². The zero-order chi connectivity index (χ0) is 39.2. The van der Waals surface area contributed by atoms with Crippen LogP contribution in [0, 0.1) is 24.2 Å². The molecule has 0 aromatic carbocycles. The molecule has 1 aromatic rings. The highest BCUT2D eigenvalue weighted by Gasteiger charge is 2.49. The Balaban J connectivity index is 2.81. The normalized spacial score (nSPS) is 27.1. The smallest absolute Gasteiger partial charge is 0.412 e. The van der Waals surface area contributed by atoms with Crippen LogP contribution < -0.4 is 0 Å². The van der Waals surface area contributed by atoms with E-state index in [-0.39, 0.29) is 36.0 Å². The first-order valence-corrected chi connectivity index (χ1v) is 24.8. The van der Waals surface area contributed by atoms with Gasteiger partial charge in [-0.05, 0) is 74.1 Å². The lowest BCUT2D eigenvalue weighted by atomic mass is 9.73. The molecule has 2 heterocycles. The maximum atomic E-state index is 14.8. The average molecular weight is 772 g/mol.